The lowest BCUT2D eigenvalue weighted by Crippen LogP contribution is -2.37. The van der Waals surface area contributed by atoms with Crippen molar-refractivity contribution in [3.63, 3.8) is 0 Å². The summed E-state index contributed by atoms with van der Waals surface area (Å²) in [6.07, 6.45) is 2.75. The molecule has 0 heterocycles. The van der Waals surface area contributed by atoms with Gasteiger partial charge in [0.05, 0.1) is 6.54 Å². The van der Waals surface area contributed by atoms with E-state index in [1.54, 1.807) is 45.3 Å². The normalized spacial score (nSPS) is 13.2. The fourth-order valence-corrected chi connectivity index (χ4v) is 1.72. The highest BCUT2D eigenvalue weighted by molar-refractivity contribution is 5.98. The number of allylic oxidation sites excluding steroid dienone is 1. The van der Waals surface area contributed by atoms with Gasteiger partial charge in [-0.2, -0.15) is 0 Å². The second kappa shape index (κ2) is 9.86. The summed E-state index contributed by atoms with van der Waals surface area (Å²) in [7, 11) is 1.55. The molecule has 0 saturated carbocycles. The van der Waals surface area contributed by atoms with Crippen molar-refractivity contribution in [3.05, 3.63) is 41.6 Å². The van der Waals surface area contributed by atoms with Crippen molar-refractivity contribution in [2.75, 3.05) is 13.6 Å². The van der Waals surface area contributed by atoms with Gasteiger partial charge in [-0.3, -0.25) is 4.99 Å². The Labute approximate surface area is 147 Å². The second-order valence-electron chi connectivity index (χ2n) is 5.17. The average Bonchev–Trinajstić information content (AvgIpc) is 2.59. The lowest BCUT2D eigenvalue weighted by Gasteiger charge is -2.16. The highest BCUT2D eigenvalue weighted by Gasteiger charge is 2.12. The molecule has 0 spiro atoms. The fourth-order valence-electron chi connectivity index (χ4n) is 1.72. The maximum atomic E-state index is 12.0. The average molecular weight is 344 g/mol. The Morgan fingerprint density at radius 2 is 1.84 bits per heavy atom. The zero-order valence-electron chi connectivity index (χ0n) is 14.9. The maximum Gasteiger partial charge on any atom is 0.415 e. The van der Waals surface area contributed by atoms with Crippen molar-refractivity contribution in [2.45, 2.75) is 20.8 Å². The third-order valence-corrected chi connectivity index (χ3v) is 3.03. The van der Waals surface area contributed by atoms with Gasteiger partial charge in [-0.1, -0.05) is 23.8 Å². The minimum Gasteiger partial charge on any atom is -0.410 e. The molecule has 1 rings (SSSR count). The van der Waals surface area contributed by atoms with Gasteiger partial charge in [0.1, 0.15) is 17.3 Å². The third-order valence-electron chi connectivity index (χ3n) is 3.03. The van der Waals surface area contributed by atoms with Gasteiger partial charge in [-0.05, 0) is 32.9 Å². The zero-order valence-corrected chi connectivity index (χ0v) is 14.9. The second-order valence-corrected chi connectivity index (χ2v) is 5.17. The number of rotatable bonds is 6. The van der Waals surface area contributed by atoms with E-state index >= 15 is 0 Å². The summed E-state index contributed by atoms with van der Waals surface area (Å²) in [5.74, 6) is 0.700. The molecule has 0 radical (unpaired) electrons. The van der Waals surface area contributed by atoms with Crippen molar-refractivity contribution in [1.82, 2.24) is 4.90 Å². The van der Waals surface area contributed by atoms with Crippen LogP contribution in [0, 0.1) is 6.92 Å². The molecule has 8 heteroatoms. The van der Waals surface area contributed by atoms with Gasteiger partial charge >= 0.3 is 6.09 Å². The van der Waals surface area contributed by atoms with E-state index < -0.39 is 6.09 Å². The number of benzene rings is 1. The highest BCUT2D eigenvalue weighted by atomic mass is 16.6. The molecule has 1 amide bonds. The molecule has 25 heavy (non-hydrogen) atoms. The van der Waals surface area contributed by atoms with Gasteiger partial charge < -0.3 is 21.1 Å². The van der Waals surface area contributed by atoms with Crippen LogP contribution in [0.25, 0.3) is 0 Å². The summed E-state index contributed by atoms with van der Waals surface area (Å²) in [6.45, 7) is 5.55. The number of hydrogen-bond acceptors (Lipinski definition) is 5. The van der Waals surface area contributed by atoms with E-state index in [0.717, 1.165) is 5.56 Å². The van der Waals surface area contributed by atoms with Crippen LogP contribution in [-0.4, -0.2) is 42.5 Å². The zero-order chi connectivity index (χ0) is 18.8. The van der Waals surface area contributed by atoms with E-state index in [0.29, 0.717) is 11.4 Å². The molecule has 1 aromatic carbocycles. The Morgan fingerprint density at radius 3 is 2.40 bits per heavy atom. The number of amidine groups is 2. The first-order valence-electron chi connectivity index (χ1n) is 7.67. The van der Waals surface area contributed by atoms with Gasteiger partial charge in [0.25, 0.3) is 0 Å². The van der Waals surface area contributed by atoms with Crippen LogP contribution >= 0.6 is 0 Å². The van der Waals surface area contributed by atoms with Crippen LogP contribution in [0.2, 0.25) is 0 Å². The lowest BCUT2D eigenvalue weighted by molar-refractivity contribution is 0.168. The largest absolute Gasteiger partial charge is 0.415 e. The molecule has 8 nitrogen and oxygen atoms in total. The Morgan fingerprint density at radius 1 is 1.20 bits per heavy atom. The Hall–Kier alpha value is -3.16. The van der Waals surface area contributed by atoms with E-state index in [9.17, 15) is 4.79 Å². The van der Waals surface area contributed by atoms with Gasteiger partial charge in [0, 0.05) is 13.3 Å². The molecule has 0 atom stereocenters. The number of carbonyl (C=O) groups is 1. The maximum absolute atomic E-state index is 12.0. The van der Waals surface area contributed by atoms with E-state index in [4.69, 9.17) is 16.2 Å². The minimum absolute atomic E-state index is 0.0453. The molecular formula is C17H24N6O2. The molecular weight excluding hydrogens is 320 g/mol. The predicted octanol–water partition coefficient (Wildman–Crippen LogP) is 2.05. The van der Waals surface area contributed by atoms with Crippen molar-refractivity contribution in [2.24, 2.45) is 26.7 Å². The van der Waals surface area contributed by atoms with E-state index in [-0.39, 0.29) is 18.2 Å². The van der Waals surface area contributed by atoms with Crippen molar-refractivity contribution in [1.29, 1.82) is 0 Å². The highest BCUT2D eigenvalue weighted by Crippen LogP contribution is 2.12. The molecule has 0 unspecified atom stereocenters. The molecule has 0 saturated heterocycles. The molecule has 0 aromatic heterocycles. The van der Waals surface area contributed by atoms with Crippen LogP contribution < -0.4 is 16.2 Å². The minimum atomic E-state index is -0.552. The number of aliphatic imine (C=N–C) groups is 1. The summed E-state index contributed by atoms with van der Waals surface area (Å²) < 4.78 is 5.23. The summed E-state index contributed by atoms with van der Waals surface area (Å²) in [6, 6.07) is 7.15. The van der Waals surface area contributed by atoms with Crippen LogP contribution in [0.5, 0.6) is 5.75 Å². The Kier molecular flexibility index (Phi) is 7.85. The SMILES string of the molecule is CC=NC(=C\C)/C(N)=N/N=C(\N)CN(C)C(=O)Oc1ccc(C)cc1. The van der Waals surface area contributed by atoms with Crippen LogP contribution in [0.4, 0.5) is 4.79 Å². The summed E-state index contributed by atoms with van der Waals surface area (Å²) in [5.41, 5.74) is 13.1. The smallest absolute Gasteiger partial charge is 0.410 e. The monoisotopic (exact) mass is 344 g/mol. The summed E-state index contributed by atoms with van der Waals surface area (Å²) >= 11 is 0. The quantitative estimate of drug-likeness (QED) is 0.466. The molecule has 1 aromatic rings. The molecule has 4 N–H and O–H groups in total. The first-order chi connectivity index (χ1) is 11.9. The summed E-state index contributed by atoms with van der Waals surface area (Å²) in [4.78, 5) is 17.3. The van der Waals surface area contributed by atoms with Gasteiger partial charge in [0.15, 0.2) is 5.84 Å². The van der Waals surface area contributed by atoms with Crippen molar-refractivity contribution >= 4 is 24.0 Å². The summed E-state index contributed by atoms with van der Waals surface area (Å²) in [5, 5.41) is 7.63. The van der Waals surface area contributed by atoms with E-state index in [1.165, 1.54) is 4.90 Å². The first-order valence-corrected chi connectivity index (χ1v) is 7.67. The van der Waals surface area contributed by atoms with Gasteiger partial charge in [-0.25, -0.2) is 4.79 Å². The number of likely N-dealkylation sites (N-methyl/N-ethyl adjacent to an activating group) is 1. The molecule has 0 bridgehead atoms. The number of amides is 1. The lowest BCUT2D eigenvalue weighted by atomic mass is 10.2. The fraction of sp³-hybridized carbons (Fsp3) is 0.294. The molecule has 0 aliphatic carbocycles. The number of hydrogen-bond donors (Lipinski definition) is 2. The predicted molar refractivity (Wildman–Crippen MR) is 101 cm³/mol. The van der Waals surface area contributed by atoms with Gasteiger partial charge in [-0.15, -0.1) is 10.2 Å². The number of aryl methyl sites for hydroxylation is 1. The third kappa shape index (κ3) is 6.86. The number of ether oxygens (including phenoxy) is 1. The van der Waals surface area contributed by atoms with E-state index in [2.05, 4.69) is 15.2 Å². The molecule has 0 aliphatic heterocycles. The van der Waals surface area contributed by atoms with Crippen LogP contribution in [0.15, 0.2) is 51.2 Å². The number of carbonyl (C=O) groups excluding carboxylic acids is 1. The molecule has 134 valence electrons. The van der Waals surface area contributed by atoms with E-state index in [1.807, 2.05) is 19.1 Å². The van der Waals surface area contributed by atoms with Crippen LogP contribution in [-0.2, 0) is 0 Å². The number of nitrogens with zero attached hydrogens (tertiary/aromatic N) is 4. The van der Waals surface area contributed by atoms with Crippen molar-refractivity contribution < 1.29 is 9.53 Å². The Bertz CT molecular complexity index is 704. The number of nitrogens with two attached hydrogens (primary N) is 2. The molecule has 0 fully saturated rings. The molecule has 0 aliphatic rings. The standard InChI is InChI=1S/C17H24N6O2/c1-5-14(20-6-2)16(19)22-21-15(18)11-23(4)17(24)25-13-9-7-12(3)8-10-13/h5-10H,11H2,1-4H3,(H2,18,21)(H2,19,22)/b14-5-,20-6?. The van der Waals surface area contributed by atoms with Crippen LogP contribution in [0.1, 0.15) is 19.4 Å². The van der Waals surface area contributed by atoms with Gasteiger partial charge in [0.2, 0.25) is 0 Å². The van der Waals surface area contributed by atoms with Crippen molar-refractivity contribution in [3.8, 4) is 5.75 Å². The first kappa shape index (κ1) is 19.9. The van der Waals surface area contributed by atoms with Crippen LogP contribution in [0.3, 0.4) is 0 Å². The topological polar surface area (TPSA) is 119 Å². The Balaban J connectivity index is 2.66.